The SMILES string of the molecule is C[C@H]1CN(C(=O)c2oc(C(C)(C)O)nc2C2CC2)[C@H](c2cc3ccccc3cn2)c2[nH]cnc21. The molecule has 2 N–H and O–H groups in total. The fourth-order valence-corrected chi connectivity index (χ4v) is 4.84. The van der Waals surface area contributed by atoms with E-state index in [0.29, 0.717) is 12.2 Å². The maximum Gasteiger partial charge on any atom is 0.292 e. The van der Waals surface area contributed by atoms with Crippen LogP contribution in [0.5, 0.6) is 0 Å². The van der Waals surface area contributed by atoms with Gasteiger partial charge in [0.1, 0.15) is 11.6 Å². The number of hydrogen-bond donors (Lipinski definition) is 2. The zero-order chi connectivity index (χ0) is 23.6. The lowest BCUT2D eigenvalue weighted by Crippen LogP contribution is -2.42. The van der Waals surface area contributed by atoms with Crippen LogP contribution in [-0.2, 0) is 5.60 Å². The van der Waals surface area contributed by atoms with E-state index in [2.05, 4.69) is 21.9 Å². The molecule has 4 aromatic rings. The van der Waals surface area contributed by atoms with Crippen LogP contribution in [0, 0.1) is 0 Å². The Bertz CT molecular complexity index is 1390. The summed E-state index contributed by atoms with van der Waals surface area (Å²) in [5.41, 5.74) is 1.95. The first-order chi connectivity index (χ1) is 16.3. The smallest absolute Gasteiger partial charge is 0.292 e. The van der Waals surface area contributed by atoms with Crippen LogP contribution < -0.4 is 0 Å². The fraction of sp³-hybridized carbons (Fsp3) is 0.385. The van der Waals surface area contributed by atoms with Crippen LogP contribution in [0.25, 0.3) is 10.8 Å². The van der Waals surface area contributed by atoms with Gasteiger partial charge in [-0.2, -0.15) is 0 Å². The van der Waals surface area contributed by atoms with Gasteiger partial charge in [-0.15, -0.1) is 0 Å². The normalized spacial score (nSPS) is 20.5. The number of amides is 1. The van der Waals surface area contributed by atoms with E-state index in [4.69, 9.17) is 9.40 Å². The number of nitrogens with zero attached hydrogens (tertiary/aromatic N) is 4. The van der Waals surface area contributed by atoms with Gasteiger partial charge in [-0.25, -0.2) is 9.97 Å². The molecule has 0 saturated heterocycles. The van der Waals surface area contributed by atoms with E-state index < -0.39 is 11.6 Å². The largest absolute Gasteiger partial charge is 0.432 e. The fourth-order valence-electron chi connectivity index (χ4n) is 4.84. The van der Waals surface area contributed by atoms with Crippen molar-refractivity contribution in [3.8, 4) is 0 Å². The van der Waals surface area contributed by atoms with Gasteiger partial charge in [0.25, 0.3) is 5.91 Å². The first kappa shape index (κ1) is 21.0. The lowest BCUT2D eigenvalue weighted by molar-refractivity contribution is 0.0437. The van der Waals surface area contributed by atoms with E-state index in [1.54, 1.807) is 20.2 Å². The van der Waals surface area contributed by atoms with Crippen LogP contribution >= 0.6 is 0 Å². The van der Waals surface area contributed by atoms with Crippen molar-refractivity contribution in [1.82, 2.24) is 24.8 Å². The summed E-state index contributed by atoms with van der Waals surface area (Å²) in [5.74, 6) is 0.395. The summed E-state index contributed by atoms with van der Waals surface area (Å²) in [6, 6.07) is 9.64. The maximum atomic E-state index is 14.1. The number of H-pyrrole nitrogens is 1. The summed E-state index contributed by atoms with van der Waals surface area (Å²) in [7, 11) is 0. The van der Waals surface area contributed by atoms with Crippen molar-refractivity contribution < 1.29 is 14.3 Å². The molecule has 6 rings (SSSR count). The molecule has 8 heteroatoms. The van der Waals surface area contributed by atoms with Gasteiger partial charge in [0.2, 0.25) is 11.7 Å². The van der Waals surface area contributed by atoms with E-state index in [1.807, 2.05) is 41.4 Å². The zero-order valence-corrected chi connectivity index (χ0v) is 19.4. The van der Waals surface area contributed by atoms with Crippen LogP contribution in [0.3, 0.4) is 0 Å². The highest BCUT2D eigenvalue weighted by molar-refractivity contribution is 5.94. The lowest BCUT2D eigenvalue weighted by Gasteiger charge is -2.37. The van der Waals surface area contributed by atoms with Crippen molar-refractivity contribution in [1.29, 1.82) is 0 Å². The molecule has 2 atom stereocenters. The Labute approximate surface area is 197 Å². The van der Waals surface area contributed by atoms with Gasteiger partial charge in [-0.05, 0) is 38.1 Å². The van der Waals surface area contributed by atoms with Crippen LogP contribution in [0.4, 0.5) is 0 Å². The molecule has 0 bridgehead atoms. The third-order valence-electron chi connectivity index (χ3n) is 6.75. The number of nitrogens with one attached hydrogen (secondary N) is 1. The van der Waals surface area contributed by atoms with Gasteiger partial charge in [0.05, 0.1) is 29.1 Å². The first-order valence-electron chi connectivity index (χ1n) is 11.7. The van der Waals surface area contributed by atoms with Crippen LogP contribution in [0.15, 0.2) is 47.3 Å². The average Bonchev–Trinajstić information content (AvgIpc) is 3.35. The minimum Gasteiger partial charge on any atom is -0.432 e. The van der Waals surface area contributed by atoms with Crippen molar-refractivity contribution in [3.05, 3.63) is 77.3 Å². The van der Waals surface area contributed by atoms with Crippen LogP contribution in [-0.4, -0.2) is 42.4 Å². The highest BCUT2D eigenvalue weighted by Gasteiger charge is 2.43. The van der Waals surface area contributed by atoms with E-state index >= 15 is 0 Å². The molecule has 1 aliphatic heterocycles. The van der Waals surface area contributed by atoms with Gasteiger partial charge in [0.15, 0.2) is 0 Å². The molecule has 1 amide bonds. The van der Waals surface area contributed by atoms with Gasteiger partial charge >= 0.3 is 0 Å². The molecule has 1 saturated carbocycles. The van der Waals surface area contributed by atoms with Crippen molar-refractivity contribution in [2.45, 2.75) is 57.1 Å². The van der Waals surface area contributed by atoms with Crippen LogP contribution in [0.1, 0.15) is 90.7 Å². The third kappa shape index (κ3) is 3.40. The van der Waals surface area contributed by atoms with E-state index in [9.17, 15) is 9.90 Å². The topological polar surface area (TPSA) is 108 Å². The minimum absolute atomic E-state index is 0.0444. The molecule has 1 aliphatic carbocycles. The summed E-state index contributed by atoms with van der Waals surface area (Å²) in [6.07, 6.45) is 5.46. The molecule has 0 radical (unpaired) electrons. The number of aromatic nitrogens is 4. The predicted octanol–water partition coefficient (Wildman–Crippen LogP) is 4.40. The molecule has 1 fully saturated rings. The first-order valence-corrected chi connectivity index (χ1v) is 11.7. The summed E-state index contributed by atoms with van der Waals surface area (Å²) < 4.78 is 5.96. The Hall–Kier alpha value is -3.52. The van der Waals surface area contributed by atoms with Gasteiger partial charge in [0, 0.05) is 30.0 Å². The summed E-state index contributed by atoms with van der Waals surface area (Å²) >= 11 is 0. The number of aliphatic hydroxyl groups is 1. The molecule has 174 valence electrons. The molecule has 0 unspecified atom stereocenters. The van der Waals surface area contributed by atoms with E-state index in [0.717, 1.165) is 40.7 Å². The second-order valence-electron chi connectivity index (χ2n) is 9.99. The lowest BCUT2D eigenvalue weighted by atomic mass is 9.92. The molecular weight excluding hydrogens is 430 g/mol. The number of pyridine rings is 1. The molecule has 2 aliphatic rings. The summed E-state index contributed by atoms with van der Waals surface area (Å²) in [5, 5.41) is 12.6. The average molecular weight is 458 g/mol. The van der Waals surface area contributed by atoms with Gasteiger partial charge in [-0.1, -0.05) is 31.2 Å². The monoisotopic (exact) mass is 457 g/mol. The number of fused-ring (bicyclic) bond motifs is 2. The number of imidazole rings is 1. The Balaban J connectivity index is 1.48. The molecule has 1 aromatic carbocycles. The summed E-state index contributed by atoms with van der Waals surface area (Å²) in [6.45, 7) is 5.77. The zero-order valence-electron chi connectivity index (χ0n) is 19.4. The number of carbonyl (C=O) groups excluding carboxylic acids is 1. The molecular formula is C26H27N5O3. The van der Waals surface area contributed by atoms with Crippen molar-refractivity contribution in [3.63, 3.8) is 0 Å². The van der Waals surface area contributed by atoms with Crippen molar-refractivity contribution >= 4 is 16.7 Å². The minimum atomic E-state index is -1.27. The third-order valence-corrected chi connectivity index (χ3v) is 6.75. The Morgan fingerprint density at radius 3 is 2.68 bits per heavy atom. The van der Waals surface area contributed by atoms with Gasteiger partial charge < -0.3 is 19.4 Å². The second-order valence-corrected chi connectivity index (χ2v) is 9.99. The van der Waals surface area contributed by atoms with Gasteiger partial charge in [-0.3, -0.25) is 9.78 Å². The molecule has 4 heterocycles. The predicted molar refractivity (Wildman–Crippen MR) is 125 cm³/mol. The quantitative estimate of drug-likeness (QED) is 0.470. The van der Waals surface area contributed by atoms with E-state index in [-0.39, 0.29) is 29.4 Å². The van der Waals surface area contributed by atoms with E-state index in [1.165, 1.54) is 0 Å². The number of hydrogen-bond acceptors (Lipinski definition) is 6. The number of rotatable bonds is 4. The summed E-state index contributed by atoms with van der Waals surface area (Å²) in [4.78, 5) is 33.0. The van der Waals surface area contributed by atoms with Crippen molar-refractivity contribution in [2.24, 2.45) is 0 Å². The highest BCUT2D eigenvalue weighted by Crippen LogP contribution is 2.44. The standard InChI is InChI=1S/C26H27N5O3/c1-14-12-31(24(32)23-20(15-8-9-15)30-25(34-23)26(2,3)33)22(21-19(14)28-13-29-21)18-10-16-6-4-5-7-17(16)11-27-18/h4-7,10-11,13-15,22,33H,8-9,12H2,1-3H3,(H,28,29)/t14-,22+/m0/s1. The number of benzene rings is 1. The van der Waals surface area contributed by atoms with Crippen LogP contribution in [0.2, 0.25) is 0 Å². The maximum absolute atomic E-state index is 14.1. The Morgan fingerprint density at radius 2 is 1.94 bits per heavy atom. The molecule has 3 aromatic heterocycles. The number of oxazole rings is 1. The number of carbonyl (C=O) groups is 1. The molecule has 8 nitrogen and oxygen atoms in total. The highest BCUT2D eigenvalue weighted by atomic mass is 16.4. The Kier molecular flexibility index (Phi) is 4.64. The molecule has 34 heavy (non-hydrogen) atoms. The molecule has 0 spiro atoms. The Morgan fingerprint density at radius 1 is 1.18 bits per heavy atom. The number of aromatic amines is 1. The van der Waals surface area contributed by atoms with Crippen molar-refractivity contribution in [2.75, 3.05) is 6.54 Å². The second kappa shape index (κ2) is 7.50.